The maximum Gasteiger partial charge on any atom is 0.197 e. The monoisotopic (exact) mass is 368 g/mol. The summed E-state index contributed by atoms with van der Waals surface area (Å²) >= 11 is 3.05. The van der Waals surface area contributed by atoms with Crippen LogP contribution in [0.1, 0.15) is 26.4 Å². The van der Waals surface area contributed by atoms with E-state index >= 15 is 0 Å². The van der Waals surface area contributed by atoms with Crippen LogP contribution >= 0.6 is 23.1 Å². The highest BCUT2D eigenvalue weighted by atomic mass is 32.2. The number of ketones is 1. The second kappa shape index (κ2) is 6.24. The van der Waals surface area contributed by atoms with Gasteiger partial charge in [0.1, 0.15) is 11.2 Å². The van der Waals surface area contributed by atoms with Gasteiger partial charge in [-0.3, -0.25) is 9.20 Å². The fourth-order valence-corrected chi connectivity index (χ4v) is 4.47. The van der Waals surface area contributed by atoms with E-state index in [-0.39, 0.29) is 5.78 Å². The van der Waals surface area contributed by atoms with E-state index in [0.717, 1.165) is 27.0 Å². The van der Waals surface area contributed by atoms with Crippen molar-refractivity contribution in [3.05, 3.63) is 52.2 Å². The number of benzene rings is 1. The molecule has 4 rings (SSSR count). The quantitative estimate of drug-likeness (QED) is 0.398. The number of fused-ring (bicyclic) bond motifs is 3. The first kappa shape index (κ1) is 16.2. The molecule has 0 aliphatic carbocycles. The topological polar surface area (TPSA) is 60.2 Å². The van der Waals surface area contributed by atoms with Crippen LogP contribution in [0.4, 0.5) is 0 Å². The molecule has 5 nitrogen and oxygen atoms in total. The van der Waals surface area contributed by atoms with E-state index in [4.69, 9.17) is 0 Å². The van der Waals surface area contributed by atoms with Crippen molar-refractivity contribution < 1.29 is 4.79 Å². The summed E-state index contributed by atoms with van der Waals surface area (Å²) < 4.78 is 1.87. The van der Waals surface area contributed by atoms with Crippen molar-refractivity contribution in [3.8, 4) is 0 Å². The third-order valence-corrected chi connectivity index (χ3v) is 6.31. The molecule has 0 unspecified atom stereocenters. The van der Waals surface area contributed by atoms with Crippen LogP contribution in [0, 0.1) is 20.8 Å². The van der Waals surface area contributed by atoms with Gasteiger partial charge in [0.2, 0.25) is 0 Å². The summed E-state index contributed by atoms with van der Waals surface area (Å²) in [5.41, 5.74) is 3.86. The number of aryl methyl sites for hydroxylation is 3. The molecule has 0 radical (unpaired) electrons. The van der Waals surface area contributed by atoms with E-state index in [9.17, 15) is 4.79 Å². The van der Waals surface area contributed by atoms with Crippen molar-refractivity contribution in [1.82, 2.24) is 19.6 Å². The molecular weight excluding hydrogens is 352 g/mol. The first-order valence-corrected chi connectivity index (χ1v) is 9.67. The Bertz CT molecular complexity index is 1100. The minimum Gasteiger partial charge on any atom is -0.293 e. The molecule has 0 amide bonds. The van der Waals surface area contributed by atoms with Gasteiger partial charge < -0.3 is 0 Å². The Morgan fingerprint density at radius 2 is 1.92 bits per heavy atom. The van der Waals surface area contributed by atoms with Gasteiger partial charge in [0, 0.05) is 10.4 Å². The van der Waals surface area contributed by atoms with Crippen molar-refractivity contribution in [1.29, 1.82) is 0 Å². The van der Waals surface area contributed by atoms with Crippen LogP contribution in [0.25, 0.3) is 15.9 Å². The van der Waals surface area contributed by atoms with Crippen LogP contribution in [0.2, 0.25) is 0 Å². The van der Waals surface area contributed by atoms with Gasteiger partial charge in [-0.25, -0.2) is 4.98 Å². The van der Waals surface area contributed by atoms with Gasteiger partial charge in [-0.2, -0.15) is 0 Å². The van der Waals surface area contributed by atoms with Crippen molar-refractivity contribution in [2.45, 2.75) is 25.9 Å². The second-order valence-electron chi connectivity index (χ2n) is 5.96. The number of aromatic nitrogens is 4. The standard InChI is InChI=1S/C18H16N4OS2/c1-10-4-6-13(7-5-10)14(23)8-24-18-21-20-16-15-11(2)12(3)25-17(15)19-9-22(16)18/h4-7,9H,8H2,1-3H3. The van der Waals surface area contributed by atoms with E-state index in [1.807, 2.05) is 35.6 Å². The molecule has 0 saturated carbocycles. The van der Waals surface area contributed by atoms with E-state index in [2.05, 4.69) is 29.0 Å². The summed E-state index contributed by atoms with van der Waals surface area (Å²) in [6.07, 6.45) is 1.74. The van der Waals surface area contributed by atoms with Crippen LogP contribution in [0.15, 0.2) is 35.7 Å². The fraction of sp³-hybridized carbons (Fsp3) is 0.222. The Balaban J connectivity index is 1.63. The predicted molar refractivity (Wildman–Crippen MR) is 102 cm³/mol. The normalized spacial score (nSPS) is 11.5. The molecule has 4 aromatic rings. The van der Waals surface area contributed by atoms with Crippen molar-refractivity contribution in [3.63, 3.8) is 0 Å². The Morgan fingerprint density at radius 3 is 2.68 bits per heavy atom. The number of nitrogens with zero attached hydrogens (tertiary/aromatic N) is 4. The summed E-state index contributed by atoms with van der Waals surface area (Å²) in [5, 5.41) is 10.3. The molecule has 0 spiro atoms. The van der Waals surface area contributed by atoms with Gasteiger partial charge >= 0.3 is 0 Å². The van der Waals surface area contributed by atoms with Gasteiger partial charge in [0.25, 0.3) is 0 Å². The summed E-state index contributed by atoms with van der Waals surface area (Å²) in [6.45, 7) is 6.18. The molecule has 3 aromatic heterocycles. The summed E-state index contributed by atoms with van der Waals surface area (Å²) in [6, 6.07) is 7.63. The molecule has 0 fully saturated rings. The van der Waals surface area contributed by atoms with Gasteiger partial charge in [-0.05, 0) is 26.3 Å². The SMILES string of the molecule is Cc1ccc(C(=O)CSc2nnc3c4c(C)c(C)sc4ncn23)cc1. The minimum atomic E-state index is 0.0818. The maximum atomic E-state index is 12.4. The molecule has 0 N–H and O–H groups in total. The zero-order chi connectivity index (χ0) is 17.6. The average molecular weight is 368 g/mol. The summed E-state index contributed by atoms with van der Waals surface area (Å²) in [7, 11) is 0. The molecule has 126 valence electrons. The third kappa shape index (κ3) is 2.83. The first-order valence-electron chi connectivity index (χ1n) is 7.86. The molecule has 0 bridgehead atoms. The zero-order valence-corrected chi connectivity index (χ0v) is 15.7. The van der Waals surface area contributed by atoms with Crippen LogP contribution in [0.3, 0.4) is 0 Å². The number of Topliss-reactive ketones (excluding diaryl/α,β-unsaturated/α-hetero) is 1. The third-order valence-electron chi connectivity index (χ3n) is 4.25. The van der Waals surface area contributed by atoms with Crippen LogP contribution in [0.5, 0.6) is 0 Å². The molecule has 1 aromatic carbocycles. The van der Waals surface area contributed by atoms with E-state index in [0.29, 0.717) is 10.9 Å². The molecule has 7 heteroatoms. The lowest BCUT2D eigenvalue weighted by Crippen LogP contribution is -2.03. The van der Waals surface area contributed by atoms with E-state index in [1.165, 1.54) is 22.2 Å². The smallest absolute Gasteiger partial charge is 0.197 e. The Hall–Kier alpha value is -2.25. The number of thiophene rings is 1. The Kier molecular flexibility index (Phi) is 4.05. The highest BCUT2D eigenvalue weighted by molar-refractivity contribution is 7.99. The van der Waals surface area contributed by atoms with Crippen LogP contribution in [-0.4, -0.2) is 31.1 Å². The average Bonchev–Trinajstić information content (AvgIpc) is 3.14. The largest absolute Gasteiger partial charge is 0.293 e. The molecule has 0 aliphatic rings. The molecular formula is C18H16N4OS2. The zero-order valence-electron chi connectivity index (χ0n) is 14.1. The van der Waals surface area contributed by atoms with Gasteiger partial charge in [0.15, 0.2) is 16.6 Å². The molecule has 25 heavy (non-hydrogen) atoms. The lowest BCUT2D eigenvalue weighted by molar-refractivity contribution is 0.102. The molecule has 0 atom stereocenters. The Labute approximate surface area is 153 Å². The van der Waals surface area contributed by atoms with Crippen molar-refractivity contribution in [2.75, 3.05) is 5.75 Å². The summed E-state index contributed by atoms with van der Waals surface area (Å²) in [5.74, 6) is 0.405. The van der Waals surface area contributed by atoms with Gasteiger partial charge in [-0.15, -0.1) is 21.5 Å². The first-order chi connectivity index (χ1) is 12.0. The number of rotatable bonds is 4. The molecule has 0 aliphatic heterocycles. The number of carbonyl (C=O) groups is 1. The molecule has 0 saturated heterocycles. The predicted octanol–water partition coefficient (Wildman–Crippen LogP) is 4.24. The number of hydrogen-bond donors (Lipinski definition) is 0. The van der Waals surface area contributed by atoms with Crippen molar-refractivity contribution in [2.24, 2.45) is 0 Å². The van der Waals surface area contributed by atoms with Crippen LogP contribution in [-0.2, 0) is 0 Å². The maximum absolute atomic E-state index is 12.4. The van der Waals surface area contributed by atoms with E-state index < -0.39 is 0 Å². The highest BCUT2D eigenvalue weighted by Gasteiger charge is 2.16. The number of carbonyl (C=O) groups excluding carboxylic acids is 1. The van der Waals surface area contributed by atoms with E-state index in [1.54, 1.807) is 17.7 Å². The lowest BCUT2D eigenvalue weighted by Gasteiger charge is -2.02. The fourth-order valence-electron chi connectivity index (χ4n) is 2.68. The van der Waals surface area contributed by atoms with Crippen molar-refractivity contribution >= 4 is 44.7 Å². The number of hydrogen-bond acceptors (Lipinski definition) is 6. The highest BCUT2D eigenvalue weighted by Crippen LogP contribution is 2.32. The number of thioether (sulfide) groups is 1. The lowest BCUT2D eigenvalue weighted by atomic mass is 10.1. The van der Waals surface area contributed by atoms with Gasteiger partial charge in [0.05, 0.1) is 11.1 Å². The molecule has 3 heterocycles. The minimum absolute atomic E-state index is 0.0818. The Morgan fingerprint density at radius 1 is 1.16 bits per heavy atom. The summed E-state index contributed by atoms with van der Waals surface area (Å²) in [4.78, 5) is 19.1. The van der Waals surface area contributed by atoms with Gasteiger partial charge in [-0.1, -0.05) is 41.6 Å². The van der Waals surface area contributed by atoms with Crippen LogP contribution < -0.4 is 0 Å². The second-order valence-corrected chi connectivity index (χ2v) is 8.11.